The molecule has 2 unspecified atom stereocenters. The summed E-state index contributed by atoms with van der Waals surface area (Å²) >= 11 is 0. The summed E-state index contributed by atoms with van der Waals surface area (Å²) in [5.74, 6) is 0.701. The molecule has 2 heteroatoms. The predicted octanol–water partition coefficient (Wildman–Crippen LogP) is 3.15. The summed E-state index contributed by atoms with van der Waals surface area (Å²) in [4.78, 5) is 11.9. The first-order valence-electron chi connectivity index (χ1n) is 6.24. The third-order valence-corrected chi connectivity index (χ3v) is 4.45. The Bertz CT molecular complexity index is 251. The quantitative estimate of drug-likeness (QED) is 0.654. The van der Waals surface area contributed by atoms with Crippen molar-refractivity contribution in [3.05, 3.63) is 0 Å². The molecule has 0 aromatic rings. The van der Waals surface area contributed by atoms with Gasteiger partial charge in [-0.3, -0.25) is 4.79 Å². The summed E-state index contributed by atoms with van der Waals surface area (Å²) in [6, 6.07) is 0. The van der Waals surface area contributed by atoms with E-state index < -0.39 is 0 Å². The standard InChI is InChI=1S/C13H22O2/c1-9-11(13(9,2)3)12(14)15-10-7-5-4-6-8-10/h9-11H,4-8H2,1-3H3. The lowest BCUT2D eigenvalue weighted by Gasteiger charge is -2.22. The highest BCUT2D eigenvalue weighted by molar-refractivity contribution is 5.77. The van der Waals surface area contributed by atoms with E-state index >= 15 is 0 Å². The summed E-state index contributed by atoms with van der Waals surface area (Å²) in [5, 5.41) is 0. The van der Waals surface area contributed by atoms with Crippen molar-refractivity contribution < 1.29 is 9.53 Å². The molecule has 2 rings (SSSR count). The van der Waals surface area contributed by atoms with Crippen LogP contribution in [-0.2, 0) is 9.53 Å². The van der Waals surface area contributed by atoms with Crippen LogP contribution in [0.1, 0.15) is 52.9 Å². The van der Waals surface area contributed by atoms with Crippen molar-refractivity contribution in [1.29, 1.82) is 0 Å². The van der Waals surface area contributed by atoms with E-state index in [0.29, 0.717) is 5.92 Å². The van der Waals surface area contributed by atoms with E-state index in [2.05, 4.69) is 20.8 Å². The Kier molecular flexibility index (Phi) is 2.78. The summed E-state index contributed by atoms with van der Waals surface area (Å²) < 4.78 is 5.58. The zero-order valence-electron chi connectivity index (χ0n) is 10.1. The lowest BCUT2D eigenvalue weighted by molar-refractivity contribution is -0.153. The van der Waals surface area contributed by atoms with Crippen LogP contribution in [0.4, 0.5) is 0 Å². The Labute approximate surface area is 92.4 Å². The van der Waals surface area contributed by atoms with Crippen LogP contribution >= 0.6 is 0 Å². The molecule has 0 aliphatic heterocycles. The average molecular weight is 210 g/mol. The second kappa shape index (κ2) is 3.80. The molecular weight excluding hydrogens is 188 g/mol. The first kappa shape index (κ1) is 11.0. The minimum absolute atomic E-state index is 0.0550. The van der Waals surface area contributed by atoms with Gasteiger partial charge in [0.05, 0.1) is 5.92 Å². The van der Waals surface area contributed by atoms with Crippen LogP contribution in [0, 0.1) is 17.3 Å². The Balaban J connectivity index is 1.83. The second-order valence-electron chi connectivity index (χ2n) is 5.78. The van der Waals surface area contributed by atoms with Crippen molar-refractivity contribution >= 4 is 5.97 Å². The summed E-state index contributed by atoms with van der Waals surface area (Å²) in [6.07, 6.45) is 6.12. The van der Waals surface area contributed by atoms with E-state index in [-0.39, 0.29) is 23.4 Å². The van der Waals surface area contributed by atoms with E-state index in [1.54, 1.807) is 0 Å². The largest absolute Gasteiger partial charge is 0.462 e. The zero-order valence-corrected chi connectivity index (χ0v) is 10.1. The van der Waals surface area contributed by atoms with Crippen LogP contribution in [0.25, 0.3) is 0 Å². The summed E-state index contributed by atoms with van der Waals surface area (Å²) in [5.41, 5.74) is 0.172. The van der Waals surface area contributed by atoms with Crippen LogP contribution < -0.4 is 0 Å². The van der Waals surface area contributed by atoms with E-state index in [1.165, 1.54) is 19.3 Å². The molecule has 2 nitrogen and oxygen atoms in total. The van der Waals surface area contributed by atoms with Gasteiger partial charge in [-0.1, -0.05) is 27.2 Å². The first-order valence-corrected chi connectivity index (χ1v) is 6.24. The Morgan fingerprint density at radius 2 is 1.73 bits per heavy atom. The molecule has 15 heavy (non-hydrogen) atoms. The third kappa shape index (κ3) is 2.04. The highest BCUT2D eigenvalue weighted by Crippen LogP contribution is 2.58. The van der Waals surface area contributed by atoms with Gasteiger partial charge in [0, 0.05) is 0 Å². The third-order valence-electron chi connectivity index (χ3n) is 4.45. The molecule has 0 heterocycles. The van der Waals surface area contributed by atoms with Crippen molar-refractivity contribution in [2.75, 3.05) is 0 Å². The first-order chi connectivity index (χ1) is 7.03. The molecular formula is C13H22O2. The topological polar surface area (TPSA) is 26.3 Å². The Morgan fingerprint density at radius 3 is 2.20 bits per heavy atom. The molecule has 0 saturated heterocycles. The number of hydrogen-bond donors (Lipinski definition) is 0. The minimum atomic E-state index is 0.0550. The highest BCUT2D eigenvalue weighted by Gasteiger charge is 2.60. The molecule has 2 aliphatic carbocycles. The van der Waals surface area contributed by atoms with Crippen LogP contribution in [0.3, 0.4) is 0 Å². The van der Waals surface area contributed by atoms with Crippen molar-refractivity contribution in [1.82, 2.24) is 0 Å². The van der Waals surface area contributed by atoms with Crippen molar-refractivity contribution in [2.45, 2.75) is 59.0 Å². The van der Waals surface area contributed by atoms with Crippen molar-refractivity contribution in [3.63, 3.8) is 0 Å². The van der Waals surface area contributed by atoms with E-state index in [0.717, 1.165) is 12.8 Å². The highest BCUT2D eigenvalue weighted by atomic mass is 16.5. The predicted molar refractivity (Wildman–Crippen MR) is 59.4 cm³/mol. The van der Waals surface area contributed by atoms with Gasteiger partial charge in [0.1, 0.15) is 6.10 Å². The maximum atomic E-state index is 11.9. The molecule has 0 amide bonds. The summed E-state index contributed by atoms with van der Waals surface area (Å²) in [7, 11) is 0. The molecule has 0 aromatic carbocycles. The Morgan fingerprint density at radius 1 is 1.20 bits per heavy atom. The van der Waals surface area contributed by atoms with E-state index in [4.69, 9.17) is 4.74 Å². The average Bonchev–Trinajstić information content (AvgIpc) is 2.67. The second-order valence-corrected chi connectivity index (χ2v) is 5.78. The lowest BCUT2D eigenvalue weighted by atomic mass is 9.98. The van der Waals surface area contributed by atoms with Crippen LogP contribution in [0.2, 0.25) is 0 Å². The maximum absolute atomic E-state index is 11.9. The number of esters is 1. The van der Waals surface area contributed by atoms with Crippen LogP contribution in [-0.4, -0.2) is 12.1 Å². The van der Waals surface area contributed by atoms with Gasteiger partial charge in [-0.2, -0.15) is 0 Å². The monoisotopic (exact) mass is 210 g/mol. The normalized spacial score (nSPS) is 34.9. The summed E-state index contributed by atoms with van der Waals surface area (Å²) in [6.45, 7) is 6.46. The molecule has 0 radical (unpaired) electrons. The van der Waals surface area contributed by atoms with Gasteiger partial charge >= 0.3 is 5.97 Å². The van der Waals surface area contributed by atoms with Gasteiger partial charge in [0.15, 0.2) is 0 Å². The molecule has 2 aliphatic rings. The number of hydrogen-bond acceptors (Lipinski definition) is 2. The minimum Gasteiger partial charge on any atom is -0.462 e. The smallest absolute Gasteiger partial charge is 0.310 e. The maximum Gasteiger partial charge on any atom is 0.310 e. The van der Waals surface area contributed by atoms with Gasteiger partial charge in [-0.05, 0) is 37.0 Å². The van der Waals surface area contributed by atoms with Crippen LogP contribution in [0.15, 0.2) is 0 Å². The fourth-order valence-electron chi connectivity index (χ4n) is 2.82. The molecule has 0 spiro atoms. The fourth-order valence-corrected chi connectivity index (χ4v) is 2.82. The number of ether oxygens (including phenoxy) is 1. The van der Waals surface area contributed by atoms with E-state index in [1.807, 2.05) is 0 Å². The molecule has 0 N–H and O–H groups in total. The molecule has 2 fully saturated rings. The molecule has 86 valence electrons. The number of carbonyl (C=O) groups excluding carboxylic acids is 1. The molecule has 2 saturated carbocycles. The van der Waals surface area contributed by atoms with Crippen molar-refractivity contribution in [3.8, 4) is 0 Å². The van der Waals surface area contributed by atoms with Gasteiger partial charge < -0.3 is 4.74 Å². The molecule has 0 aromatic heterocycles. The SMILES string of the molecule is CC1C(C(=O)OC2CCCCC2)C1(C)C. The number of rotatable bonds is 2. The fraction of sp³-hybridized carbons (Fsp3) is 0.923. The Hall–Kier alpha value is -0.530. The van der Waals surface area contributed by atoms with Gasteiger partial charge in [-0.15, -0.1) is 0 Å². The zero-order chi connectivity index (χ0) is 11.1. The van der Waals surface area contributed by atoms with Gasteiger partial charge in [-0.25, -0.2) is 0 Å². The molecule has 2 atom stereocenters. The van der Waals surface area contributed by atoms with E-state index in [9.17, 15) is 4.79 Å². The van der Waals surface area contributed by atoms with Gasteiger partial charge in [0.2, 0.25) is 0 Å². The van der Waals surface area contributed by atoms with Crippen molar-refractivity contribution in [2.24, 2.45) is 17.3 Å². The molecule has 0 bridgehead atoms. The lowest BCUT2D eigenvalue weighted by Crippen LogP contribution is -2.23. The van der Waals surface area contributed by atoms with Crippen LogP contribution in [0.5, 0.6) is 0 Å². The number of carbonyl (C=O) groups is 1. The van der Waals surface area contributed by atoms with Gasteiger partial charge in [0.25, 0.3) is 0 Å².